The zero-order valence-electron chi connectivity index (χ0n) is 11.0. The van der Waals surface area contributed by atoms with Gasteiger partial charge in [-0.3, -0.25) is 0 Å². The molecule has 1 rings (SSSR count). The molecule has 0 heterocycles. The van der Waals surface area contributed by atoms with Crippen molar-refractivity contribution in [1.82, 2.24) is 4.31 Å². The first kappa shape index (κ1) is 16.4. The molecule has 5 nitrogen and oxygen atoms in total. The standard InChI is InChI=1S/C12H19ClN2O3S/c1-3-15(8-10(16)7-14)19(17,18)11-4-5-12(13)9(2)6-11/h4-6,10,16H,3,7-8,14H2,1-2H3. The molecule has 1 atom stereocenters. The normalized spacial score (nSPS) is 13.8. The topological polar surface area (TPSA) is 83.6 Å². The van der Waals surface area contributed by atoms with Crippen LogP contribution in [0.5, 0.6) is 0 Å². The monoisotopic (exact) mass is 306 g/mol. The summed E-state index contributed by atoms with van der Waals surface area (Å²) in [7, 11) is -3.64. The summed E-state index contributed by atoms with van der Waals surface area (Å²) < 4.78 is 26.0. The lowest BCUT2D eigenvalue weighted by molar-refractivity contribution is 0.154. The number of nitrogens with two attached hydrogens (primary N) is 1. The first-order valence-electron chi connectivity index (χ1n) is 5.97. The summed E-state index contributed by atoms with van der Waals surface area (Å²) in [5.74, 6) is 0. The Morgan fingerprint density at radius 1 is 1.47 bits per heavy atom. The molecule has 0 saturated carbocycles. The predicted molar refractivity (Wildman–Crippen MR) is 75.7 cm³/mol. The first-order valence-corrected chi connectivity index (χ1v) is 7.79. The molecule has 0 amide bonds. The Kier molecular flexibility index (Phi) is 5.76. The average molecular weight is 307 g/mol. The fraction of sp³-hybridized carbons (Fsp3) is 0.500. The van der Waals surface area contributed by atoms with E-state index in [2.05, 4.69) is 0 Å². The van der Waals surface area contributed by atoms with Gasteiger partial charge in [0.2, 0.25) is 10.0 Å². The molecule has 0 spiro atoms. The van der Waals surface area contributed by atoms with E-state index < -0.39 is 16.1 Å². The molecular formula is C12H19ClN2O3S. The highest BCUT2D eigenvalue weighted by Crippen LogP contribution is 2.22. The molecule has 1 aromatic carbocycles. The van der Waals surface area contributed by atoms with Gasteiger partial charge in [0, 0.05) is 24.7 Å². The molecule has 0 bridgehead atoms. The van der Waals surface area contributed by atoms with Crippen molar-refractivity contribution in [2.24, 2.45) is 5.73 Å². The molecule has 108 valence electrons. The number of rotatable bonds is 6. The number of aliphatic hydroxyl groups excluding tert-OH is 1. The van der Waals surface area contributed by atoms with Crippen LogP contribution in [0.2, 0.25) is 5.02 Å². The molecule has 3 N–H and O–H groups in total. The maximum absolute atomic E-state index is 12.4. The number of nitrogens with zero attached hydrogens (tertiary/aromatic N) is 1. The van der Waals surface area contributed by atoms with Crippen molar-refractivity contribution < 1.29 is 13.5 Å². The third-order valence-corrected chi connectivity index (χ3v) is 5.17. The quantitative estimate of drug-likeness (QED) is 0.820. The van der Waals surface area contributed by atoms with Crippen LogP contribution in [0.3, 0.4) is 0 Å². The van der Waals surface area contributed by atoms with Crippen LogP contribution in [0.25, 0.3) is 0 Å². The summed E-state index contributed by atoms with van der Waals surface area (Å²) in [4.78, 5) is 0.167. The van der Waals surface area contributed by atoms with E-state index in [4.69, 9.17) is 17.3 Å². The second kappa shape index (κ2) is 6.67. The smallest absolute Gasteiger partial charge is 0.243 e. The van der Waals surface area contributed by atoms with Crippen LogP contribution < -0.4 is 5.73 Å². The van der Waals surface area contributed by atoms with E-state index in [1.165, 1.54) is 16.4 Å². The minimum absolute atomic E-state index is 0.0169. The van der Waals surface area contributed by atoms with Gasteiger partial charge in [-0.05, 0) is 30.7 Å². The van der Waals surface area contributed by atoms with Crippen molar-refractivity contribution in [2.75, 3.05) is 19.6 Å². The Balaban J connectivity index is 3.09. The second-order valence-electron chi connectivity index (χ2n) is 4.26. The molecular weight excluding hydrogens is 288 g/mol. The van der Waals surface area contributed by atoms with Gasteiger partial charge < -0.3 is 10.8 Å². The van der Waals surface area contributed by atoms with E-state index in [1.54, 1.807) is 19.9 Å². The summed E-state index contributed by atoms with van der Waals surface area (Å²) in [5, 5.41) is 10.0. The highest BCUT2D eigenvalue weighted by atomic mass is 35.5. The van der Waals surface area contributed by atoms with Gasteiger partial charge in [0.1, 0.15) is 0 Å². The summed E-state index contributed by atoms with van der Waals surface area (Å²) in [5.41, 5.74) is 6.00. The van der Waals surface area contributed by atoms with Gasteiger partial charge in [-0.15, -0.1) is 0 Å². The SMILES string of the molecule is CCN(CC(O)CN)S(=O)(=O)c1ccc(Cl)c(C)c1. The predicted octanol–water partition coefficient (Wildman–Crippen LogP) is 0.979. The number of sulfonamides is 1. The zero-order chi connectivity index (χ0) is 14.6. The number of halogens is 1. The average Bonchev–Trinajstić information content (AvgIpc) is 2.38. The minimum Gasteiger partial charge on any atom is -0.390 e. The van der Waals surface area contributed by atoms with E-state index in [0.717, 1.165) is 0 Å². The molecule has 0 aliphatic heterocycles. The molecule has 7 heteroatoms. The highest BCUT2D eigenvalue weighted by Gasteiger charge is 2.25. The molecule has 1 aromatic rings. The van der Waals surface area contributed by atoms with Crippen molar-refractivity contribution in [3.8, 4) is 0 Å². The maximum atomic E-state index is 12.4. The minimum atomic E-state index is -3.64. The Hall–Kier alpha value is -0.660. The third kappa shape index (κ3) is 3.90. The number of benzene rings is 1. The van der Waals surface area contributed by atoms with Crippen molar-refractivity contribution in [3.05, 3.63) is 28.8 Å². The van der Waals surface area contributed by atoms with Crippen LogP contribution in [-0.2, 0) is 10.0 Å². The van der Waals surface area contributed by atoms with E-state index in [9.17, 15) is 13.5 Å². The molecule has 0 aromatic heterocycles. The number of aryl methyl sites for hydroxylation is 1. The van der Waals surface area contributed by atoms with Crippen LogP contribution in [0.15, 0.2) is 23.1 Å². The lowest BCUT2D eigenvalue weighted by Crippen LogP contribution is -2.40. The summed E-state index contributed by atoms with van der Waals surface area (Å²) in [6.07, 6.45) is -0.872. The lowest BCUT2D eigenvalue weighted by atomic mass is 10.2. The fourth-order valence-corrected chi connectivity index (χ4v) is 3.32. The van der Waals surface area contributed by atoms with Crippen LogP contribution in [-0.4, -0.2) is 43.6 Å². The fourth-order valence-electron chi connectivity index (χ4n) is 1.63. The Bertz CT molecular complexity index is 534. The van der Waals surface area contributed by atoms with Gasteiger partial charge in [-0.2, -0.15) is 4.31 Å². The number of hydrogen-bond donors (Lipinski definition) is 2. The molecule has 0 saturated heterocycles. The van der Waals surface area contributed by atoms with Crippen molar-refractivity contribution in [2.45, 2.75) is 24.8 Å². The molecule has 0 aliphatic carbocycles. The number of aliphatic hydroxyl groups is 1. The first-order chi connectivity index (χ1) is 8.82. The van der Waals surface area contributed by atoms with Gasteiger partial charge in [-0.25, -0.2) is 8.42 Å². The van der Waals surface area contributed by atoms with Gasteiger partial charge in [0.05, 0.1) is 11.0 Å². The van der Waals surface area contributed by atoms with Crippen molar-refractivity contribution >= 4 is 21.6 Å². The van der Waals surface area contributed by atoms with Crippen molar-refractivity contribution in [3.63, 3.8) is 0 Å². The Morgan fingerprint density at radius 3 is 2.58 bits per heavy atom. The van der Waals surface area contributed by atoms with E-state index in [0.29, 0.717) is 10.6 Å². The van der Waals surface area contributed by atoms with Gasteiger partial charge in [-0.1, -0.05) is 18.5 Å². The van der Waals surface area contributed by atoms with Gasteiger partial charge in [0.15, 0.2) is 0 Å². The Labute approximate surface area is 119 Å². The summed E-state index contributed by atoms with van der Waals surface area (Å²) in [6, 6.07) is 4.54. The van der Waals surface area contributed by atoms with E-state index >= 15 is 0 Å². The Morgan fingerprint density at radius 2 is 2.11 bits per heavy atom. The molecule has 0 aliphatic rings. The number of likely N-dealkylation sites (N-methyl/N-ethyl adjacent to an activating group) is 1. The highest BCUT2D eigenvalue weighted by molar-refractivity contribution is 7.89. The molecule has 0 radical (unpaired) electrons. The summed E-state index contributed by atoms with van der Waals surface area (Å²) in [6.45, 7) is 3.72. The third-order valence-electron chi connectivity index (χ3n) is 2.81. The van der Waals surface area contributed by atoms with Crippen LogP contribution in [0.1, 0.15) is 12.5 Å². The van der Waals surface area contributed by atoms with E-state index in [-0.39, 0.29) is 24.5 Å². The largest absolute Gasteiger partial charge is 0.390 e. The van der Waals surface area contributed by atoms with Gasteiger partial charge in [0.25, 0.3) is 0 Å². The zero-order valence-corrected chi connectivity index (χ0v) is 12.6. The lowest BCUT2D eigenvalue weighted by Gasteiger charge is -2.23. The van der Waals surface area contributed by atoms with E-state index in [1.807, 2.05) is 0 Å². The van der Waals surface area contributed by atoms with Crippen LogP contribution in [0.4, 0.5) is 0 Å². The summed E-state index contributed by atoms with van der Waals surface area (Å²) >= 11 is 5.89. The number of hydrogen-bond acceptors (Lipinski definition) is 4. The molecule has 19 heavy (non-hydrogen) atoms. The van der Waals surface area contributed by atoms with Crippen LogP contribution >= 0.6 is 11.6 Å². The second-order valence-corrected chi connectivity index (χ2v) is 6.60. The molecule has 0 fully saturated rings. The van der Waals surface area contributed by atoms with Gasteiger partial charge >= 0.3 is 0 Å². The maximum Gasteiger partial charge on any atom is 0.243 e. The van der Waals surface area contributed by atoms with Crippen molar-refractivity contribution in [1.29, 1.82) is 0 Å². The van der Waals surface area contributed by atoms with Crippen LogP contribution in [0, 0.1) is 6.92 Å². The molecule has 1 unspecified atom stereocenters.